The zero-order valence-corrected chi connectivity index (χ0v) is 5.50. The molecular formula is C2H6S3. The largest absolute Gasteiger partial charge is 0.107 e. The molecule has 0 N–H and O–H groups in total. The van der Waals surface area contributed by atoms with E-state index in [-0.39, 0.29) is 8.49 Å². The summed E-state index contributed by atoms with van der Waals surface area (Å²) in [5.41, 5.74) is 0. The van der Waals surface area contributed by atoms with Crippen molar-refractivity contribution in [1.29, 1.82) is 0 Å². The van der Waals surface area contributed by atoms with E-state index in [1.807, 2.05) is 6.92 Å². The Balaban J connectivity index is 2.85. The van der Waals surface area contributed by atoms with Crippen LogP contribution in [0.5, 0.6) is 0 Å². The summed E-state index contributed by atoms with van der Waals surface area (Å²) in [6.07, 6.45) is 0. The van der Waals surface area contributed by atoms with Gasteiger partial charge < -0.3 is 0 Å². The Bertz CT molecular complexity index is 40.2. The van der Waals surface area contributed by atoms with Gasteiger partial charge in [-0.1, -0.05) is 15.4 Å². The first-order chi connectivity index (χ1) is 2.27. The van der Waals surface area contributed by atoms with Crippen molar-refractivity contribution >= 4 is 31.3 Å². The fourth-order valence-corrected chi connectivity index (χ4v) is 0. The Morgan fingerprint density at radius 1 is 2.00 bits per heavy atom. The highest BCUT2D eigenvalue weighted by molar-refractivity contribution is 8.76. The molecule has 0 fully saturated rings. The van der Waals surface area contributed by atoms with Crippen LogP contribution in [0.3, 0.4) is 0 Å². The van der Waals surface area contributed by atoms with Crippen LogP contribution in [-0.2, 0) is 19.7 Å². The first kappa shape index (κ1) is 5.92. The summed E-state index contributed by atoms with van der Waals surface area (Å²) in [6.45, 7) is 2.03. The summed E-state index contributed by atoms with van der Waals surface area (Å²) < 4.78 is 0. The van der Waals surface area contributed by atoms with Crippen LogP contribution in [0.15, 0.2) is 0 Å². The molecule has 0 amide bonds. The first-order valence-corrected chi connectivity index (χ1v) is 4.72. The Morgan fingerprint density at radius 3 is 2.20 bits per heavy atom. The molecule has 0 aliphatic carbocycles. The van der Waals surface area contributed by atoms with Gasteiger partial charge in [-0.3, -0.25) is 0 Å². The SMILES string of the molecule is CCS(=S)S. The second-order valence-electron chi connectivity index (χ2n) is 0.610. The highest BCUT2D eigenvalue weighted by atomic mass is 33.3. The molecule has 1 atom stereocenters. The number of hydrogen-bond donors (Lipinski definition) is 1. The summed E-state index contributed by atoms with van der Waals surface area (Å²) in [7, 11) is -0.0448. The molecule has 0 aromatic carbocycles. The second-order valence-corrected chi connectivity index (χ2v) is 5.10. The minimum atomic E-state index is -0.0448. The van der Waals surface area contributed by atoms with Crippen molar-refractivity contribution in [3.8, 4) is 0 Å². The smallest absolute Gasteiger partial charge is 0.00462 e. The first-order valence-electron chi connectivity index (χ1n) is 1.35. The third-order valence-electron chi connectivity index (χ3n) is 0.247. The fraction of sp³-hybridized carbons (Fsp3) is 1.00. The van der Waals surface area contributed by atoms with Gasteiger partial charge in [0.25, 0.3) is 0 Å². The molecule has 0 saturated heterocycles. The maximum atomic E-state index is 4.67. The predicted octanol–water partition coefficient (Wildman–Crippen LogP) is 0.931. The molecule has 0 radical (unpaired) electrons. The molecule has 0 bridgehead atoms. The van der Waals surface area contributed by atoms with E-state index in [0.29, 0.717) is 0 Å². The zero-order chi connectivity index (χ0) is 4.28. The standard InChI is InChI=1S/C2H6S3/c1-2-5(3)4/h2H2,1H3,(H,3,4). The van der Waals surface area contributed by atoms with Gasteiger partial charge >= 0.3 is 0 Å². The molecule has 0 nitrogen and oxygen atoms in total. The van der Waals surface area contributed by atoms with Gasteiger partial charge in [-0.15, -0.1) is 11.7 Å². The Kier molecular flexibility index (Phi) is 3.70. The molecule has 3 heteroatoms. The summed E-state index contributed by atoms with van der Waals surface area (Å²) in [5, 5.41) is 0. The molecule has 5 heavy (non-hydrogen) atoms. The summed E-state index contributed by atoms with van der Waals surface area (Å²) >= 11 is 8.61. The second kappa shape index (κ2) is 3.12. The van der Waals surface area contributed by atoms with Gasteiger partial charge in [-0.05, 0) is 11.2 Å². The lowest BCUT2D eigenvalue weighted by atomic mass is 11.0. The van der Waals surface area contributed by atoms with Crippen LogP contribution in [0.1, 0.15) is 6.92 Å². The lowest BCUT2D eigenvalue weighted by Gasteiger charge is -1.78. The normalized spacial score (nSPS) is 14.8. The van der Waals surface area contributed by atoms with E-state index in [2.05, 4.69) is 22.8 Å². The Morgan fingerprint density at radius 2 is 2.20 bits per heavy atom. The van der Waals surface area contributed by atoms with Gasteiger partial charge in [0.15, 0.2) is 0 Å². The van der Waals surface area contributed by atoms with Crippen LogP contribution in [0.4, 0.5) is 0 Å². The molecule has 0 aliphatic rings. The molecule has 1 unspecified atom stereocenters. The highest BCUT2D eigenvalue weighted by Crippen LogP contribution is 1.82. The average molecular weight is 126 g/mol. The predicted molar refractivity (Wildman–Crippen MR) is 34.3 cm³/mol. The van der Waals surface area contributed by atoms with Crippen LogP contribution >= 0.6 is 11.7 Å². The molecule has 0 heterocycles. The van der Waals surface area contributed by atoms with Crippen molar-refractivity contribution in [3.05, 3.63) is 0 Å². The van der Waals surface area contributed by atoms with Crippen molar-refractivity contribution in [2.45, 2.75) is 6.92 Å². The maximum Gasteiger partial charge on any atom is 0.00462 e. The Hall–Kier alpha value is 0.920. The van der Waals surface area contributed by atoms with Gasteiger partial charge in [-0.25, -0.2) is 0 Å². The summed E-state index contributed by atoms with van der Waals surface area (Å²) in [5.74, 6) is 1.01. The van der Waals surface area contributed by atoms with Crippen molar-refractivity contribution < 1.29 is 0 Å². The van der Waals surface area contributed by atoms with Crippen LogP contribution in [-0.4, -0.2) is 5.75 Å². The fourth-order valence-electron chi connectivity index (χ4n) is 0. The molecular weight excluding hydrogens is 120 g/mol. The van der Waals surface area contributed by atoms with Crippen molar-refractivity contribution in [2.75, 3.05) is 5.75 Å². The van der Waals surface area contributed by atoms with Crippen LogP contribution in [0, 0.1) is 0 Å². The average Bonchev–Trinajstić information content (AvgIpc) is 1.38. The zero-order valence-electron chi connectivity index (χ0n) is 2.97. The van der Waals surface area contributed by atoms with E-state index < -0.39 is 0 Å². The van der Waals surface area contributed by atoms with Gasteiger partial charge in [0.1, 0.15) is 0 Å². The molecule has 0 aromatic heterocycles. The molecule has 0 aliphatic heterocycles. The molecule has 0 rings (SSSR count). The lowest BCUT2D eigenvalue weighted by Crippen LogP contribution is -1.73. The molecule has 32 valence electrons. The van der Waals surface area contributed by atoms with E-state index in [1.54, 1.807) is 0 Å². The number of hydrogen-bond acceptors (Lipinski definition) is 1. The minimum Gasteiger partial charge on any atom is -0.107 e. The highest BCUT2D eigenvalue weighted by Gasteiger charge is 1.69. The van der Waals surface area contributed by atoms with E-state index in [1.165, 1.54) is 0 Å². The number of rotatable bonds is 1. The van der Waals surface area contributed by atoms with Crippen LogP contribution < -0.4 is 0 Å². The summed E-state index contributed by atoms with van der Waals surface area (Å²) in [4.78, 5) is 0. The third-order valence-corrected chi connectivity index (χ3v) is 2.22. The van der Waals surface area contributed by atoms with E-state index in [9.17, 15) is 0 Å². The van der Waals surface area contributed by atoms with Gasteiger partial charge in [0.05, 0.1) is 0 Å². The van der Waals surface area contributed by atoms with Crippen molar-refractivity contribution in [3.63, 3.8) is 0 Å². The minimum absolute atomic E-state index is 0.0448. The molecule has 0 spiro atoms. The van der Waals surface area contributed by atoms with Crippen LogP contribution in [0.25, 0.3) is 0 Å². The summed E-state index contributed by atoms with van der Waals surface area (Å²) in [6, 6.07) is 0. The monoisotopic (exact) mass is 126 g/mol. The lowest BCUT2D eigenvalue weighted by molar-refractivity contribution is 1.54. The quantitative estimate of drug-likeness (QED) is 0.403. The van der Waals surface area contributed by atoms with E-state index in [0.717, 1.165) is 5.75 Å². The third kappa shape index (κ3) is 4.92. The van der Waals surface area contributed by atoms with Crippen molar-refractivity contribution in [1.82, 2.24) is 0 Å². The van der Waals surface area contributed by atoms with Gasteiger partial charge in [-0.2, -0.15) is 0 Å². The van der Waals surface area contributed by atoms with Crippen LogP contribution in [0.2, 0.25) is 0 Å². The van der Waals surface area contributed by atoms with Gasteiger partial charge in [0, 0.05) is 5.75 Å². The van der Waals surface area contributed by atoms with Gasteiger partial charge in [0.2, 0.25) is 0 Å². The van der Waals surface area contributed by atoms with Crippen molar-refractivity contribution in [2.24, 2.45) is 0 Å². The Labute approximate surface area is 44.4 Å². The number of thiol groups is 1. The topological polar surface area (TPSA) is 0 Å². The van der Waals surface area contributed by atoms with E-state index in [4.69, 9.17) is 0 Å². The molecule has 0 saturated carbocycles. The maximum absolute atomic E-state index is 4.67. The van der Waals surface area contributed by atoms with E-state index >= 15 is 0 Å². The molecule has 0 aromatic rings.